The van der Waals surface area contributed by atoms with Crippen LogP contribution < -0.4 is 5.73 Å². The van der Waals surface area contributed by atoms with Gasteiger partial charge in [0.25, 0.3) is 0 Å². The number of fused-ring (bicyclic) bond motifs is 3. The number of nitrogen functional groups attached to an aromatic ring is 1. The normalized spacial score (nSPS) is 10.7. The number of anilines is 1. The molecule has 0 aliphatic carbocycles. The van der Waals surface area contributed by atoms with Crippen molar-refractivity contribution in [3.63, 3.8) is 0 Å². The molecule has 6 heteroatoms. The van der Waals surface area contributed by atoms with Gasteiger partial charge in [0.1, 0.15) is 29.1 Å². The minimum atomic E-state index is 0.245. The molecule has 0 saturated carbocycles. The molecule has 2 aromatic carbocycles. The molecule has 0 bridgehead atoms. The molecular weight excluding hydrogens is 334 g/mol. The van der Waals surface area contributed by atoms with Crippen molar-refractivity contribution >= 4 is 34.1 Å². The Bertz CT molecular complexity index is 1220. The van der Waals surface area contributed by atoms with Crippen LogP contribution in [0.2, 0.25) is 5.02 Å². The zero-order valence-electron chi connectivity index (χ0n) is 12.9. The smallest absolute Gasteiger partial charge is 0.158 e. The summed E-state index contributed by atoms with van der Waals surface area (Å²) in [6, 6.07) is 18.7. The third-order valence-corrected chi connectivity index (χ3v) is 4.39. The lowest BCUT2D eigenvalue weighted by Gasteiger charge is -2.12. The van der Waals surface area contributed by atoms with Gasteiger partial charge in [0.05, 0.1) is 11.0 Å². The van der Waals surface area contributed by atoms with E-state index in [9.17, 15) is 10.5 Å². The number of rotatable bonds is 1. The summed E-state index contributed by atoms with van der Waals surface area (Å²) in [4.78, 5) is 4.55. The molecule has 0 atom stereocenters. The maximum atomic E-state index is 9.79. The fraction of sp³-hybridized carbons (Fsp3) is 0. The lowest BCUT2D eigenvalue weighted by molar-refractivity contribution is 1.21. The van der Waals surface area contributed by atoms with Crippen molar-refractivity contribution in [3.05, 3.63) is 64.7 Å². The second-order valence-corrected chi connectivity index (χ2v) is 5.94. The zero-order chi connectivity index (χ0) is 17.6. The lowest BCUT2D eigenvalue weighted by atomic mass is 9.96. The summed E-state index contributed by atoms with van der Waals surface area (Å²) in [6.07, 6.45) is 0. The number of hydrogen-bond donors (Lipinski definition) is 1. The van der Waals surface area contributed by atoms with E-state index in [4.69, 9.17) is 17.3 Å². The Labute approximate surface area is 148 Å². The van der Waals surface area contributed by atoms with Gasteiger partial charge in [-0.1, -0.05) is 35.9 Å². The van der Waals surface area contributed by atoms with Crippen LogP contribution in [0.15, 0.2) is 48.5 Å². The summed E-state index contributed by atoms with van der Waals surface area (Å²) in [5, 5.41) is 20.1. The lowest BCUT2D eigenvalue weighted by Crippen LogP contribution is -2.05. The van der Waals surface area contributed by atoms with Crippen LogP contribution in [0.1, 0.15) is 11.1 Å². The number of imidazole rings is 1. The summed E-state index contributed by atoms with van der Waals surface area (Å²) in [6.45, 7) is 0. The summed E-state index contributed by atoms with van der Waals surface area (Å²) in [5.74, 6) is 0.259. The van der Waals surface area contributed by atoms with Gasteiger partial charge in [-0.2, -0.15) is 10.5 Å². The van der Waals surface area contributed by atoms with Crippen LogP contribution in [0.25, 0.3) is 27.8 Å². The second kappa shape index (κ2) is 5.52. The molecule has 0 amide bonds. The highest BCUT2D eigenvalue weighted by Gasteiger charge is 2.22. The van der Waals surface area contributed by atoms with Gasteiger partial charge in [0, 0.05) is 10.6 Å². The van der Waals surface area contributed by atoms with Gasteiger partial charge in [-0.15, -0.1) is 0 Å². The average molecular weight is 344 g/mol. The molecule has 25 heavy (non-hydrogen) atoms. The standard InChI is InChI=1S/C19H10ClN5/c20-12-7-5-11(6-8-12)17-13(9-21)18(23)25-16-4-2-1-3-15(16)24-19(25)14(17)10-22/h1-8H,23H2. The number of para-hydroxylation sites is 2. The molecule has 0 radical (unpaired) electrons. The Morgan fingerprint density at radius 1 is 0.960 bits per heavy atom. The van der Waals surface area contributed by atoms with Crippen molar-refractivity contribution in [2.24, 2.45) is 0 Å². The number of pyridine rings is 1. The van der Waals surface area contributed by atoms with Gasteiger partial charge >= 0.3 is 0 Å². The SMILES string of the molecule is N#Cc1c(-c2ccc(Cl)cc2)c(C#N)c2nc3ccccc3n2c1N. The van der Waals surface area contributed by atoms with Crippen LogP contribution in [-0.4, -0.2) is 9.38 Å². The van der Waals surface area contributed by atoms with E-state index in [0.29, 0.717) is 32.9 Å². The van der Waals surface area contributed by atoms with Gasteiger partial charge < -0.3 is 5.73 Å². The molecule has 2 heterocycles. The van der Waals surface area contributed by atoms with Gasteiger partial charge in [-0.3, -0.25) is 4.40 Å². The number of hydrogen-bond acceptors (Lipinski definition) is 4. The molecule has 0 fully saturated rings. The third-order valence-electron chi connectivity index (χ3n) is 4.14. The van der Waals surface area contributed by atoms with E-state index in [2.05, 4.69) is 17.1 Å². The topological polar surface area (TPSA) is 90.9 Å². The highest BCUT2D eigenvalue weighted by molar-refractivity contribution is 6.30. The Morgan fingerprint density at radius 2 is 1.64 bits per heavy atom. The molecule has 0 aliphatic heterocycles. The van der Waals surface area contributed by atoms with Crippen molar-refractivity contribution < 1.29 is 0 Å². The first-order valence-electron chi connectivity index (χ1n) is 7.44. The fourth-order valence-corrected chi connectivity index (χ4v) is 3.16. The third kappa shape index (κ3) is 2.11. The van der Waals surface area contributed by atoms with E-state index >= 15 is 0 Å². The number of nitriles is 2. The van der Waals surface area contributed by atoms with Crippen LogP contribution in [-0.2, 0) is 0 Å². The quantitative estimate of drug-likeness (QED) is 0.562. The fourth-order valence-electron chi connectivity index (χ4n) is 3.04. The van der Waals surface area contributed by atoms with Crippen LogP contribution in [0.4, 0.5) is 5.82 Å². The summed E-state index contributed by atoms with van der Waals surface area (Å²) < 4.78 is 1.66. The minimum Gasteiger partial charge on any atom is -0.384 e. The van der Waals surface area contributed by atoms with Gasteiger partial charge in [0.2, 0.25) is 0 Å². The minimum absolute atomic E-state index is 0.245. The maximum Gasteiger partial charge on any atom is 0.158 e. The molecule has 2 aromatic heterocycles. The van der Waals surface area contributed by atoms with Crippen molar-refractivity contribution in [3.8, 4) is 23.3 Å². The average Bonchev–Trinajstić information content (AvgIpc) is 3.02. The molecule has 0 aliphatic rings. The van der Waals surface area contributed by atoms with Crippen molar-refractivity contribution in [2.45, 2.75) is 0 Å². The Kier molecular flexibility index (Phi) is 3.32. The Balaban J connectivity index is 2.24. The monoisotopic (exact) mass is 343 g/mol. The van der Waals surface area contributed by atoms with Gasteiger partial charge in [-0.05, 0) is 29.8 Å². The van der Waals surface area contributed by atoms with Crippen LogP contribution >= 0.6 is 11.6 Å². The van der Waals surface area contributed by atoms with Crippen molar-refractivity contribution in [2.75, 3.05) is 5.73 Å². The highest BCUT2D eigenvalue weighted by atomic mass is 35.5. The molecule has 0 saturated heterocycles. The number of benzene rings is 2. The molecule has 4 rings (SSSR count). The second-order valence-electron chi connectivity index (χ2n) is 5.50. The van der Waals surface area contributed by atoms with E-state index in [1.807, 2.05) is 24.3 Å². The van der Waals surface area contributed by atoms with Crippen molar-refractivity contribution in [1.82, 2.24) is 9.38 Å². The first kappa shape index (κ1) is 15.0. The van der Waals surface area contributed by atoms with Crippen LogP contribution in [0.3, 0.4) is 0 Å². The molecule has 118 valence electrons. The maximum absolute atomic E-state index is 9.79. The van der Waals surface area contributed by atoms with Crippen LogP contribution in [0.5, 0.6) is 0 Å². The van der Waals surface area contributed by atoms with Gasteiger partial charge in [-0.25, -0.2) is 4.98 Å². The van der Waals surface area contributed by atoms with E-state index < -0.39 is 0 Å². The largest absolute Gasteiger partial charge is 0.384 e. The highest BCUT2D eigenvalue weighted by Crippen LogP contribution is 2.36. The predicted molar refractivity (Wildman–Crippen MR) is 97.0 cm³/mol. The number of nitrogens with two attached hydrogens (primary N) is 1. The van der Waals surface area contributed by atoms with E-state index in [1.54, 1.807) is 28.7 Å². The summed E-state index contributed by atoms with van der Waals surface area (Å²) >= 11 is 5.96. The Hall–Kier alpha value is -3.54. The summed E-state index contributed by atoms with van der Waals surface area (Å²) in [7, 11) is 0. The first-order valence-corrected chi connectivity index (χ1v) is 7.82. The Morgan fingerprint density at radius 3 is 2.32 bits per heavy atom. The number of nitrogens with zero attached hydrogens (tertiary/aromatic N) is 4. The molecule has 4 aromatic rings. The summed E-state index contributed by atoms with van der Waals surface area (Å²) in [5.41, 5.74) is 9.92. The van der Waals surface area contributed by atoms with E-state index in [1.165, 1.54) is 0 Å². The van der Waals surface area contributed by atoms with Crippen molar-refractivity contribution in [1.29, 1.82) is 10.5 Å². The number of aromatic nitrogens is 2. The number of halogens is 1. The predicted octanol–water partition coefficient (Wildman–Crippen LogP) is 4.13. The van der Waals surface area contributed by atoms with E-state index in [0.717, 1.165) is 5.52 Å². The molecular formula is C19H10ClN5. The van der Waals surface area contributed by atoms with Crippen LogP contribution in [0, 0.1) is 22.7 Å². The molecule has 2 N–H and O–H groups in total. The molecule has 0 unspecified atom stereocenters. The van der Waals surface area contributed by atoms with E-state index in [-0.39, 0.29) is 11.4 Å². The first-order chi connectivity index (χ1) is 12.2. The molecule has 0 spiro atoms. The van der Waals surface area contributed by atoms with Gasteiger partial charge in [0.15, 0.2) is 5.65 Å². The zero-order valence-corrected chi connectivity index (χ0v) is 13.6. The molecule has 5 nitrogen and oxygen atoms in total.